The van der Waals surface area contributed by atoms with Crippen LogP contribution in [0.4, 0.5) is 22.0 Å². The summed E-state index contributed by atoms with van der Waals surface area (Å²) < 4.78 is 21.0. The molecule has 1 aliphatic heterocycles. The molecule has 2 aliphatic rings. The van der Waals surface area contributed by atoms with Crippen molar-refractivity contribution in [3.05, 3.63) is 88.4 Å². The van der Waals surface area contributed by atoms with Crippen LogP contribution in [-0.2, 0) is 22.5 Å². The van der Waals surface area contributed by atoms with Crippen LogP contribution in [0.3, 0.4) is 0 Å². The number of amides is 1. The lowest BCUT2D eigenvalue weighted by atomic mass is 9.94. The Morgan fingerprint density at radius 3 is 2.82 bits per heavy atom. The van der Waals surface area contributed by atoms with E-state index in [2.05, 4.69) is 71.9 Å². The van der Waals surface area contributed by atoms with Crippen LogP contribution in [0.5, 0.6) is 0 Å². The number of benzene rings is 2. The van der Waals surface area contributed by atoms with E-state index >= 15 is 0 Å². The van der Waals surface area contributed by atoms with Gasteiger partial charge in [-0.15, -0.1) is 0 Å². The van der Waals surface area contributed by atoms with Gasteiger partial charge in [0.2, 0.25) is 11.9 Å². The maximum atomic E-state index is 13.4. The van der Waals surface area contributed by atoms with E-state index in [0.717, 1.165) is 57.7 Å². The van der Waals surface area contributed by atoms with Crippen molar-refractivity contribution in [2.75, 3.05) is 42.2 Å². The van der Waals surface area contributed by atoms with Gasteiger partial charge in [0, 0.05) is 43.9 Å². The predicted octanol–water partition coefficient (Wildman–Crippen LogP) is 5.09. The number of hydrogen-bond donors (Lipinski definition) is 4. The molecule has 6 rings (SSSR count). The Balaban J connectivity index is 1.27. The van der Waals surface area contributed by atoms with Gasteiger partial charge in [-0.25, -0.2) is 4.39 Å². The third-order valence-corrected chi connectivity index (χ3v) is 8.09. The fraction of sp³-hybridized carbons (Fsp3) is 0.333. The maximum absolute atomic E-state index is 13.4. The Hall–Kier alpha value is -4.61. The van der Waals surface area contributed by atoms with Crippen LogP contribution in [0.15, 0.2) is 55.0 Å². The summed E-state index contributed by atoms with van der Waals surface area (Å²) in [5.74, 6) is -0.512. The number of aryl methyl sites for hydroxylation is 1. The van der Waals surface area contributed by atoms with Crippen molar-refractivity contribution < 1.29 is 13.9 Å². The molecule has 2 aromatic carbocycles. The SMILES string of the molecule is C=C(F)C(=O)Nc1cccc2c1CC(c1cccc(C)c1CNc1nc(NCC3CNCCO3)nc3c(C(C)C)cnn13)=C2. The summed E-state index contributed by atoms with van der Waals surface area (Å²) in [4.78, 5) is 21.6. The molecule has 10 nitrogen and oxygen atoms in total. The zero-order chi connectivity index (χ0) is 30.8. The van der Waals surface area contributed by atoms with Crippen LogP contribution in [0, 0.1) is 6.92 Å². The molecule has 0 radical (unpaired) electrons. The third-order valence-electron chi connectivity index (χ3n) is 8.09. The number of carbonyl (C=O) groups is 1. The summed E-state index contributed by atoms with van der Waals surface area (Å²) in [6.45, 7) is 12.9. The van der Waals surface area contributed by atoms with Crippen molar-refractivity contribution in [1.82, 2.24) is 24.9 Å². The molecular formula is C33H37FN8O2. The largest absolute Gasteiger partial charge is 0.374 e. The molecule has 1 fully saturated rings. The van der Waals surface area contributed by atoms with Gasteiger partial charge in [-0.05, 0) is 52.3 Å². The second-order valence-electron chi connectivity index (χ2n) is 11.5. The Bertz CT molecular complexity index is 1760. The Morgan fingerprint density at radius 1 is 1.20 bits per heavy atom. The zero-order valence-corrected chi connectivity index (χ0v) is 25.2. The number of nitrogens with zero attached hydrogens (tertiary/aromatic N) is 4. The number of halogens is 1. The highest BCUT2D eigenvalue weighted by Crippen LogP contribution is 2.38. The Labute approximate surface area is 255 Å². The molecule has 2 aromatic heterocycles. The van der Waals surface area contributed by atoms with Crippen molar-refractivity contribution in [3.8, 4) is 0 Å². The smallest absolute Gasteiger partial charge is 0.283 e. The number of hydrogen-bond acceptors (Lipinski definition) is 8. The van der Waals surface area contributed by atoms with E-state index in [9.17, 15) is 9.18 Å². The number of anilines is 3. The Morgan fingerprint density at radius 2 is 2.05 bits per heavy atom. The van der Waals surface area contributed by atoms with Crippen molar-refractivity contribution in [2.45, 2.75) is 45.8 Å². The van der Waals surface area contributed by atoms with E-state index < -0.39 is 11.7 Å². The molecule has 44 heavy (non-hydrogen) atoms. The van der Waals surface area contributed by atoms with Crippen molar-refractivity contribution >= 4 is 40.8 Å². The summed E-state index contributed by atoms with van der Waals surface area (Å²) in [5.41, 5.74) is 8.77. The highest BCUT2D eigenvalue weighted by molar-refractivity contribution is 6.03. The van der Waals surface area contributed by atoms with E-state index in [-0.39, 0.29) is 12.0 Å². The lowest BCUT2D eigenvalue weighted by Crippen LogP contribution is -2.42. The number of nitrogens with one attached hydrogen (secondary N) is 4. The fourth-order valence-electron chi connectivity index (χ4n) is 5.70. The normalized spacial score (nSPS) is 16.1. The lowest BCUT2D eigenvalue weighted by molar-refractivity contribution is -0.114. The number of fused-ring (bicyclic) bond motifs is 2. The van der Waals surface area contributed by atoms with Gasteiger partial charge in [0.05, 0.1) is 18.9 Å². The molecule has 0 bridgehead atoms. The van der Waals surface area contributed by atoms with E-state index in [1.54, 1.807) is 10.6 Å². The summed E-state index contributed by atoms with van der Waals surface area (Å²) in [6, 6.07) is 11.9. The van der Waals surface area contributed by atoms with Gasteiger partial charge in [-0.1, -0.05) is 56.8 Å². The molecule has 11 heteroatoms. The lowest BCUT2D eigenvalue weighted by Gasteiger charge is -2.23. The summed E-state index contributed by atoms with van der Waals surface area (Å²) in [7, 11) is 0. The third kappa shape index (κ3) is 6.06. The molecule has 1 amide bonds. The van der Waals surface area contributed by atoms with E-state index in [1.165, 1.54) is 0 Å². The van der Waals surface area contributed by atoms with E-state index in [0.29, 0.717) is 43.7 Å². The summed E-state index contributed by atoms with van der Waals surface area (Å²) in [5, 5.41) is 17.5. The van der Waals surface area contributed by atoms with Gasteiger partial charge in [0.1, 0.15) is 0 Å². The number of allylic oxidation sites excluding steroid dienone is 1. The first-order valence-electron chi connectivity index (χ1n) is 14.9. The number of carbonyl (C=O) groups excluding carboxylic acids is 1. The minimum Gasteiger partial charge on any atom is -0.374 e. The van der Waals surface area contributed by atoms with Crippen molar-refractivity contribution in [1.29, 1.82) is 0 Å². The molecule has 1 aliphatic carbocycles. The second kappa shape index (κ2) is 12.6. The summed E-state index contributed by atoms with van der Waals surface area (Å²) >= 11 is 0. The van der Waals surface area contributed by atoms with Crippen molar-refractivity contribution in [3.63, 3.8) is 0 Å². The number of ether oxygens (including phenoxy) is 1. The van der Waals surface area contributed by atoms with Crippen LogP contribution in [0.2, 0.25) is 0 Å². The number of morpholine rings is 1. The molecule has 228 valence electrons. The number of rotatable bonds is 10. The quantitative estimate of drug-likeness (QED) is 0.187. The van der Waals surface area contributed by atoms with Crippen LogP contribution < -0.4 is 21.3 Å². The van der Waals surface area contributed by atoms with Gasteiger partial charge in [0.25, 0.3) is 5.91 Å². The molecule has 1 atom stereocenters. The highest BCUT2D eigenvalue weighted by Gasteiger charge is 2.22. The van der Waals surface area contributed by atoms with Gasteiger partial charge in [-0.3, -0.25) is 4.79 Å². The average Bonchev–Trinajstić information content (AvgIpc) is 3.65. The van der Waals surface area contributed by atoms with Gasteiger partial charge >= 0.3 is 0 Å². The first kappa shape index (κ1) is 29.5. The molecule has 1 unspecified atom stereocenters. The van der Waals surface area contributed by atoms with Gasteiger partial charge < -0.3 is 26.0 Å². The fourth-order valence-corrected chi connectivity index (χ4v) is 5.70. The van der Waals surface area contributed by atoms with E-state index in [4.69, 9.17) is 14.7 Å². The van der Waals surface area contributed by atoms with Gasteiger partial charge in [-0.2, -0.15) is 19.6 Å². The second-order valence-corrected chi connectivity index (χ2v) is 11.5. The average molecular weight is 597 g/mol. The minimum absolute atomic E-state index is 0.0393. The standard InChI is InChI=1S/C33H37FN8O2/c1-19(2)27-18-38-42-30(27)40-32(36-16-24-15-35-11-12-44-24)41-33(42)37-17-28-20(3)7-5-9-25(28)23-13-22-8-6-10-29(26(22)14-23)39-31(43)21(4)34/h5-10,13,18-19,24,35H,4,11-12,14-17H2,1-3H3,(H,39,43)(H2,36,37,40,41). The Kier molecular flexibility index (Phi) is 8.40. The minimum atomic E-state index is -1.02. The molecule has 4 N–H and O–H groups in total. The first-order valence-corrected chi connectivity index (χ1v) is 14.9. The highest BCUT2D eigenvalue weighted by atomic mass is 19.1. The van der Waals surface area contributed by atoms with Crippen LogP contribution >= 0.6 is 0 Å². The van der Waals surface area contributed by atoms with Gasteiger partial charge in [0.15, 0.2) is 11.5 Å². The van der Waals surface area contributed by atoms with Crippen LogP contribution in [0.25, 0.3) is 17.3 Å². The molecule has 1 saturated heterocycles. The number of aromatic nitrogens is 4. The molecular weight excluding hydrogens is 559 g/mol. The molecule has 3 heterocycles. The van der Waals surface area contributed by atoms with Crippen molar-refractivity contribution in [2.24, 2.45) is 0 Å². The van der Waals surface area contributed by atoms with Crippen LogP contribution in [0.1, 0.15) is 53.1 Å². The topological polar surface area (TPSA) is 118 Å². The molecule has 0 saturated carbocycles. The first-order chi connectivity index (χ1) is 21.3. The zero-order valence-electron chi connectivity index (χ0n) is 25.2. The van der Waals surface area contributed by atoms with Crippen LogP contribution in [-0.4, -0.2) is 57.8 Å². The molecule has 4 aromatic rings. The van der Waals surface area contributed by atoms with E-state index in [1.807, 2.05) is 24.4 Å². The monoisotopic (exact) mass is 596 g/mol. The maximum Gasteiger partial charge on any atom is 0.283 e. The predicted molar refractivity (Wildman–Crippen MR) is 171 cm³/mol. The summed E-state index contributed by atoms with van der Waals surface area (Å²) in [6.07, 6.45) is 4.62. The molecule has 0 spiro atoms.